The zero-order valence-corrected chi connectivity index (χ0v) is 25.7. The van der Waals surface area contributed by atoms with Crippen molar-refractivity contribution in [1.82, 2.24) is 19.8 Å². The quantitative estimate of drug-likeness (QED) is 0.382. The summed E-state index contributed by atoms with van der Waals surface area (Å²) in [6.07, 6.45) is 5.50. The maximum Gasteiger partial charge on any atom is 0.245 e. The molecule has 0 aliphatic carbocycles. The second-order valence-corrected chi connectivity index (χ2v) is 11.2. The van der Waals surface area contributed by atoms with Crippen molar-refractivity contribution in [3.05, 3.63) is 46.1 Å². The van der Waals surface area contributed by atoms with Gasteiger partial charge in [0.25, 0.3) is 0 Å². The maximum atomic E-state index is 12.0. The number of aliphatic hydroxyl groups excluding tert-OH is 1. The summed E-state index contributed by atoms with van der Waals surface area (Å²) in [5, 5.41) is 15.6. The van der Waals surface area contributed by atoms with Crippen LogP contribution in [0, 0.1) is 0 Å². The summed E-state index contributed by atoms with van der Waals surface area (Å²) in [6.45, 7) is 10.1. The number of hydrogen-bond acceptors (Lipinski definition) is 9. The smallest absolute Gasteiger partial charge is 0.245 e. The highest BCUT2D eigenvalue weighted by atomic mass is 35.5. The number of fused-ring (bicyclic) bond motifs is 1. The highest BCUT2D eigenvalue weighted by Crippen LogP contribution is 2.47. The first-order valence-corrected chi connectivity index (χ1v) is 14.4. The number of carbonyl (C=O) groups is 1. The average molecular weight is 606 g/mol. The highest BCUT2D eigenvalue weighted by Gasteiger charge is 2.34. The fraction of sp³-hybridized carbons (Fsp3) is 0.483. The second-order valence-electron chi connectivity index (χ2n) is 10.5. The van der Waals surface area contributed by atoms with Gasteiger partial charge in [-0.2, -0.15) is 4.98 Å². The van der Waals surface area contributed by atoms with Crippen LogP contribution in [-0.2, 0) is 4.79 Å². The molecule has 2 aliphatic heterocycles. The lowest BCUT2D eigenvalue weighted by atomic mass is 9.96. The van der Waals surface area contributed by atoms with Gasteiger partial charge in [0.2, 0.25) is 11.9 Å². The number of likely N-dealkylation sites (N-methyl/N-ethyl adjacent to an activating group) is 1. The molecule has 1 unspecified atom stereocenters. The molecule has 12 heteroatoms. The zero-order chi connectivity index (χ0) is 29.8. The molecular formula is C29H38Cl2N6O4. The number of nitrogens with one attached hydrogen (secondary N) is 1. The molecule has 41 heavy (non-hydrogen) atoms. The van der Waals surface area contributed by atoms with E-state index in [1.807, 2.05) is 23.6 Å². The molecule has 1 aromatic carbocycles. The number of ether oxygens (including phenoxy) is 2. The Bertz CT molecular complexity index is 1280. The highest BCUT2D eigenvalue weighted by molar-refractivity contribution is 6.40. The van der Waals surface area contributed by atoms with Crippen molar-refractivity contribution in [3.63, 3.8) is 0 Å². The van der Waals surface area contributed by atoms with E-state index in [-0.39, 0.29) is 22.0 Å². The van der Waals surface area contributed by atoms with Crippen LogP contribution in [0.1, 0.15) is 37.8 Å². The summed E-state index contributed by atoms with van der Waals surface area (Å²) in [4.78, 5) is 27.2. The first kappa shape index (κ1) is 30.9. The summed E-state index contributed by atoms with van der Waals surface area (Å²) in [5.41, 5.74) is 1.62. The molecule has 10 nitrogen and oxygen atoms in total. The molecule has 2 N–H and O–H groups in total. The molecular weight excluding hydrogens is 567 g/mol. The summed E-state index contributed by atoms with van der Waals surface area (Å²) >= 11 is 13.5. The summed E-state index contributed by atoms with van der Waals surface area (Å²) in [7, 11) is 5.09. The Morgan fingerprint density at radius 3 is 2.44 bits per heavy atom. The molecule has 1 amide bonds. The van der Waals surface area contributed by atoms with Crippen LogP contribution in [0.15, 0.2) is 24.9 Å². The molecule has 1 aromatic heterocycles. The van der Waals surface area contributed by atoms with Crippen molar-refractivity contribution >= 4 is 52.5 Å². The van der Waals surface area contributed by atoms with Crippen LogP contribution in [0.2, 0.25) is 10.0 Å². The molecule has 2 aromatic rings. The molecule has 1 fully saturated rings. The number of aliphatic hydroxyl groups is 1. The molecule has 0 radical (unpaired) electrons. The fourth-order valence-corrected chi connectivity index (χ4v) is 5.96. The molecule has 2 aliphatic rings. The van der Waals surface area contributed by atoms with Crippen molar-refractivity contribution in [2.45, 2.75) is 45.0 Å². The molecule has 1 atom stereocenters. The van der Waals surface area contributed by atoms with Crippen LogP contribution < -0.4 is 19.7 Å². The Hall–Kier alpha value is -3.05. The summed E-state index contributed by atoms with van der Waals surface area (Å²) in [5.74, 6) is 1.79. The number of anilines is 2. The number of hydrogen-bond donors (Lipinski definition) is 2. The zero-order valence-electron chi connectivity index (χ0n) is 24.2. The molecule has 0 bridgehead atoms. The lowest BCUT2D eigenvalue weighted by molar-refractivity contribution is -0.127. The monoisotopic (exact) mass is 604 g/mol. The van der Waals surface area contributed by atoms with Gasteiger partial charge in [0.15, 0.2) is 6.23 Å². The number of halogens is 2. The maximum absolute atomic E-state index is 12.0. The van der Waals surface area contributed by atoms with Gasteiger partial charge in [-0.15, -0.1) is 0 Å². The van der Waals surface area contributed by atoms with E-state index in [0.29, 0.717) is 72.2 Å². The minimum Gasteiger partial charge on any atom is -0.495 e. The average Bonchev–Trinajstić information content (AvgIpc) is 2.96. The second kappa shape index (κ2) is 13.3. The molecule has 0 spiro atoms. The Labute approximate surface area is 251 Å². The Balaban J connectivity index is 1.66. The number of aromatic nitrogens is 2. The van der Waals surface area contributed by atoms with Crippen molar-refractivity contribution in [2.24, 2.45) is 0 Å². The Morgan fingerprint density at radius 2 is 1.88 bits per heavy atom. The van der Waals surface area contributed by atoms with Gasteiger partial charge in [0.05, 0.1) is 24.3 Å². The standard InChI is InChI=1S/C29H38Cl2N6O4/c1-7-23(38)36-10-8-19(9-11-36)35(4)12-13-37-27-18(16-32-29(34-27)33-17(2)3)14-20(28(37)39)24-25(30)21(40-5)15-22(41-6)26(24)31/h7,14-17,19,28,39H,1,8-13H2,2-6H3,(H,32,33,34). The first-order valence-electron chi connectivity index (χ1n) is 13.6. The SMILES string of the molecule is C=CC(=O)N1CCC(N(C)CCN2c3nc(NC(C)C)ncc3C=C(c3c(Cl)c(OC)cc(OC)c3Cl)C2O)CC1. The summed E-state index contributed by atoms with van der Waals surface area (Å²) < 4.78 is 10.9. The number of likely N-dealkylation sites (tertiary alicyclic amines) is 1. The third-order valence-corrected chi connectivity index (χ3v) is 8.25. The van der Waals surface area contributed by atoms with E-state index in [0.717, 1.165) is 12.8 Å². The van der Waals surface area contributed by atoms with Crippen molar-refractivity contribution in [1.29, 1.82) is 0 Å². The molecule has 4 rings (SSSR count). The van der Waals surface area contributed by atoms with E-state index in [1.165, 1.54) is 20.3 Å². The van der Waals surface area contributed by atoms with Crippen LogP contribution in [0.25, 0.3) is 11.6 Å². The third-order valence-electron chi connectivity index (χ3n) is 7.50. The van der Waals surface area contributed by atoms with E-state index in [9.17, 15) is 9.90 Å². The van der Waals surface area contributed by atoms with Gasteiger partial charge >= 0.3 is 0 Å². The van der Waals surface area contributed by atoms with Gasteiger partial charge < -0.3 is 34.6 Å². The van der Waals surface area contributed by atoms with Gasteiger partial charge in [-0.05, 0) is 45.9 Å². The van der Waals surface area contributed by atoms with Crippen LogP contribution >= 0.6 is 23.2 Å². The Kier molecular flexibility index (Phi) is 10.0. The minimum absolute atomic E-state index is 0.0320. The van der Waals surface area contributed by atoms with E-state index in [1.54, 1.807) is 18.3 Å². The lowest BCUT2D eigenvalue weighted by Gasteiger charge is -2.39. The first-order chi connectivity index (χ1) is 19.6. The number of rotatable bonds is 10. The van der Waals surface area contributed by atoms with Gasteiger partial charge in [-0.25, -0.2) is 4.98 Å². The van der Waals surface area contributed by atoms with Gasteiger partial charge in [0.1, 0.15) is 17.3 Å². The molecule has 0 saturated carbocycles. The minimum atomic E-state index is -1.11. The Morgan fingerprint density at radius 1 is 1.24 bits per heavy atom. The van der Waals surface area contributed by atoms with E-state index < -0.39 is 6.23 Å². The van der Waals surface area contributed by atoms with E-state index in [2.05, 4.69) is 28.8 Å². The van der Waals surface area contributed by atoms with Gasteiger partial charge in [-0.1, -0.05) is 29.8 Å². The van der Waals surface area contributed by atoms with Crippen molar-refractivity contribution in [3.8, 4) is 11.5 Å². The van der Waals surface area contributed by atoms with Crippen molar-refractivity contribution < 1.29 is 19.4 Å². The fourth-order valence-electron chi connectivity index (χ4n) is 5.24. The van der Waals surface area contributed by atoms with Gasteiger partial charge in [0, 0.05) is 67.2 Å². The number of methoxy groups -OCH3 is 2. The predicted octanol–water partition coefficient (Wildman–Crippen LogP) is 4.41. The lowest BCUT2D eigenvalue weighted by Crippen LogP contribution is -2.48. The van der Waals surface area contributed by atoms with Crippen LogP contribution in [-0.4, -0.2) is 96.5 Å². The third kappa shape index (κ3) is 6.56. The van der Waals surface area contributed by atoms with Crippen molar-refractivity contribution in [2.75, 3.05) is 57.7 Å². The van der Waals surface area contributed by atoms with E-state index >= 15 is 0 Å². The number of carbonyl (C=O) groups excluding carboxylic acids is 1. The normalized spacial score (nSPS) is 17.4. The van der Waals surface area contributed by atoms with Crippen LogP contribution in [0.3, 0.4) is 0 Å². The number of amides is 1. The summed E-state index contributed by atoms with van der Waals surface area (Å²) in [6, 6.07) is 2.05. The topological polar surface area (TPSA) is 103 Å². The molecule has 3 heterocycles. The van der Waals surface area contributed by atoms with Crippen LogP contribution in [0.4, 0.5) is 11.8 Å². The number of benzene rings is 1. The largest absolute Gasteiger partial charge is 0.495 e. The van der Waals surface area contributed by atoms with Gasteiger partial charge in [-0.3, -0.25) is 4.79 Å². The predicted molar refractivity (Wildman–Crippen MR) is 164 cm³/mol. The molecule has 222 valence electrons. The number of piperidine rings is 1. The number of nitrogens with zero attached hydrogens (tertiary/aromatic N) is 5. The van der Waals surface area contributed by atoms with Crippen LogP contribution in [0.5, 0.6) is 11.5 Å². The molecule has 1 saturated heterocycles. The van der Waals surface area contributed by atoms with E-state index in [4.69, 9.17) is 37.7 Å².